The number of hydrogen-bond donors (Lipinski definition) is 1. The maximum Gasteiger partial charge on any atom is 0.239 e. The van der Waals surface area contributed by atoms with Crippen LogP contribution in [0.3, 0.4) is 0 Å². The van der Waals surface area contributed by atoms with E-state index < -0.39 is 0 Å². The number of likely N-dealkylation sites (N-methyl/N-ethyl adjacent to an activating group) is 1. The monoisotopic (exact) mass is 406 g/mol. The number of aromatic nitrogens is 1. The first kappa shape index (κ1) is 21.2. The third-order valence-corrected chi connectivity index (χ3v) is 5.14. The van der Waals surface area contributed by atoms with Crippen molar-refractivity contribution in [2.24, 2.45) is 0 Å². The zero-order chi connectivity index (χ0) is 21.7. The Morgan fingerprint density at radius 3 is 2.70 bits per heavy atom. The normalized spacial score (nSPS) is 10.8. The lowest BCUT2D eigenvalue weighted by molar-refractivity contribution is -0.117. The molecular weight excluding hydrogens is 380 g/mol. The van der Waals surface area contributed by atoms with Crippen LogP contribution in [-0.4, -0.2) is 36.1 Å². The highest BCUT2D eigenvalue weighted by Gasteiger charge is 2.21. The number of benzene rings is 1. The molecule has 0 saturated carbocycles. The predicted octanol–water partition coefficient (Wildman–Crippen LogP) is 3.70. The second-order valence-corrected chi connectivity index (χ2v) is 7.24. The molecule has 0 spiro atoms. The van der Waals surface area contributed by atoms with Crippen LogP contribution in [0.1, 0.15) is 28.1 Å². The molecule has 1 amide bonds. The number of carbonyl (C=O) groups excluding carboxylic acids is 1. The number of nitriles is 1. The summed E-state index contributed by atoms with van der Waals surface area (Å²) < 4.78 is 12.7. The Balaban J connectivity index is 1.76. The second kappa shape index (κ2) is 9.33. The van der Waals surface area contributed by atoms with Crippen LogP contribution in [0, 0.1) is 25.2 Å². The number of rotatable bonds is 8. The van der Waals surface area contributed by atoms with Crippen LogP contribution >= 0.6 is 0 Å². The molecule has 2 heterocycles. The highest BCUT2D eigenvalue weighted by Crippen LogP contribution is 2.27. The van der Waals surface area contributed by atoms with Crippen LogP contribution in [0.25, 0.3) is 0 Å². The molecule has 0 aliphatic heterocycles. The van der Waals surface area contributed by atoms with E-state index in [9.17, 15) is 10.1 Å². The van der Waals surface area contributed by atoms with Gasteiger partial charge in [0.25, 0.3) is 0 Å². The summed E-state index contributed by atoms with van der Waals surface area (Å²) in [7, 11) is 3.50. The molecule has 2 aromatic heterocycles. The van der Waals surface area contributed by atoms with Crippen LogP contribution in [0.5, 0.6) is 5.75 Å². The zero-order valence-corrected chi connectivity index (χ0v) is 17.7. The van der Waals surface area contributed by atoms with Crippen molar-refractivity contribution >= 4 is 11.7 Å². The summed E-state index contributed by atoms with van der Waals surface area (Å²) in [4.78, 5) is 14.7. The van der Waals surface area contributed by atoms with Crippen molar-refractivity contribution < 1.29 is 13.9 Å². The van der Waals surface area contributed by atoms with Crippen molar-refractivity contribution in [1.29, 1.82) is 5.26 Å². The van der Waals surface area contributed by atoms with Gasteiger partial charge in [0.2, 0.25) is 5.91 Å². The van der Waals surface area contributed by atoms with Gasteiger partial charge in [-0.1, -0.05) is 18.2 Å². The van der Waals surface area contributed by atoms with Crippen molar-refractivity contribution in [3.8, 4) is 11.8 Å². The van der Waals surface area contributed by atoms with E-state index in [0.29, 0.717) is 24.5 Å². The maximum atomic E-state index is 12.8. The van der Waals surface area contributed by atoms with Gasteiger partial charge in [0.05, 0.1) is 32.0 Å². The fraction of sp³-hybridized carbons (Fsp3) is 0.304. The number of hydrogen-bond acceptors (Lipinski definition) is 5. The van der Waals surface area contributed by atoms with E-state index in [4.69, 9.17) is 9.15 Å². The fourth-order valence-corrected chi connectivity index (χ4v) is 3.48. The van der Waals surface area contributed by atoms with Gasteiger partial charge in [0, 0.05) is 17.8 Å². The van der Waals surface area contributed by atoms with Gasteiger partial charge in [-0.2, -0.15) is 5.26 Å². The minimum Gasteiger partial charge on any atom is -0.496 e. The minimum atomic E-state index is -0.193. The third kappa shape index (κ3) is 4.56. The number of nitrogens with one attached hydrogen (secondary N) is 1. The van der Waals surface area contributed by atoms with Crippen LogP contribution in [0.15, 0.2) is 47.1 Å². The quantitative estimate of drug-likeness (QED) is 0.617. The molecule has 3 rings (SSSR count). The van der Waals surface area contributed by atoms with Gasteiger partial charge in [-0.05, 0) is 44.7 Å². The lowest BCUT2D eigenvalue weighted by atomic mass is 10.2. The fourth-order valence-electron chi connectivity index (χ4n) is 3.48. The SMILES string of the molecule is COc1ccccc1CN(C)CC(=O)Nc1c(C#N)c(C)c(C)n1Cc1ccco1. The predicted molar refractivity (Wildman–Crippen MR) is 114 cm³/mol. The molecule has 0 aliphatic rings. The van der Waals surface area contributed by atoms with E-state index in [1.807, 2.05) is 66.8 Å². The summed E-state index contributed by atoms with van der Waals surface area (Å²) >= 11 is 0. The number of ether oxygens (including phenoxy) is 1. The molecule has 0 atom stereocenters. The Labute approximate surface area is 176 Å². The van der Waals surface area contributed by atoms with E-state index in [1.165, 1.54) is 0 Å². The van der Waals surface area contributed by atoms with Crippen LogP contribution in [0.2, 0.25) is 0 Å². The number of carbonyl (C=O) groups is 1. The summed E-state index contributed by atoms with van der Waals surface area (Å²) in [5, 5.41) is 12.6. The molecular formula is C23H26N4O3. The Morgan fingerprint density at radius 1 is 1.27 bits per heavy atom. The largest absolute Gasteiger partial charge is 0.496 e. The summed E-state index contributed by atoms with van der Waals surface area (Å²) in [5.74, 6) is 1.85. The van der Waals surface area contributed by atoms with Gasteiger partial charge in [0.15, 0.2) is 0 Å². The molecule has 30 heavy (non-hydrogen) atoms. The molecule has 0 radical (unpaired) electrons. The Kier molecular flexibility index (Phi) is 6.60. The molecule has 156 valence electrons. The van der Waals surface area contributed by atoms with Crippen molar-refractivity contribution in [1.82, 2.24) is 9.47 Å². The number of para-hydroxylation sites is 1. The van der Waals surface area contributed by atoms with E-state index in [0.717, 1.165) is 28.3 Å². The average Bonchev–Trinajstić information content (AvgIpc) is 3.31. The van der Waals surface area contributed by atoms with Gasteiger partial charge >= 0.3 is 0 Å². The van der Waals surface area contributed by atoms with Gasteiger partial charge in [-0.15, -0.1) is 0 Å². The topological polar surface area (TPSA) is 83.4 Å². The van der Waals surface area contributed by atoms with Crippen LogP contribution in [0.4, 0.5) is 5.82 Å². The third-order valence-electron chi connectivity index (χ3n) is 5.14. The van der Waals surface area contributed by atoms with Crippen molar-refractivity contribution in [2.45, 2.75) is 26.9 Å². The van der Waals surface area contributed by atoms with Gasteiger partial charge in [0.1, 0.15) is 23.4 Å². The van der Waals surface area contributed by atoms with Gasteiger partial charge in [-0.3, -0.25) is 9.69 Å². The highest BCUT2D eigenvalue weighted by atomic mass is 16.5. The first-order chi connectivity index (χ1) is 14.4. The van der Waals surface area contributed by atoms with E-state index in [1.54, 1.807) is 13.4 Å². The molecule has 0 saturated heterocycles. The van der Waals surface area contributed by atoms with E-state index in [-0.39, 0.29) is 12.5 Å². The summed E-state index contributed by atoms with van der Waals surface area (Å²) in [6.07, 6.45) is 1.61. The number of nitrogens with zero attached hydrogens (tertiary/aromatic N) is 3. The molecule has 0 fully saturated rings. The average molecular weight is 406 g/mol. The lowest BCUT2D eigenvalue weighted by Crippen LogP contribution is -2.31. The van der Waals surface area contributed by atoms with Crippen LogP contribution in [-0.2, 0) is 17.9 Å². The number of furan rings is 1. The van der Waals surface area contributed by atoms with E-state index >= 15 is 0 Å². The molecule has 1 aromatic carbocycles. The second-order valence-electron chi connectivity index (χ2n) is 7.24. The lowest BCUT2D eigenvalue weighted by Gasteiger charge is -2.19. The molecule has 7 nitrogen and oxygen atoms in total. The van der Waals surface area contributed by atoms with Crippen molar-refractivity contribution in [3.05, 3.63) is 70.8 Å². The zero-order valence-electron chi connectivity index (χ0n) is 17.7. The van der Waals surface area contributed by atoms with E-state index in [2.05, 4.69) is 11.4 Å². The number of anilines is 1. The number of amides is 1. The molecule has 3 aromatic rings. The summed E-state index contributed by atoms with van der Waals surface area (Å²) in [6, 6.07) is 13.6. The summed E-state index contributed by atoms with van der Waals surface area (Å²) in [5.41, 5.74) is 3.24. The van der Waals surface area contributed by atoms with Gasteiger partial charge < -0.3 is 19.0 Å². The first-order valence-electron chi connectivity index (χ1n) is 9.67. The Hall–Kier alpha value is -3.50. The molecule has 7 heteroatoms. The van der Waals surface area contributed by atoms with Crippen molar-refractivity contribution in [2.75, 3.05) is 26.0 Å². The molecule has 0 unspecified atom stereocenters. The Morgan fingerprint density at radius 2 is 2.03 bits per heavy atom. The number of methoxy groups -OCH3 is 1. The minimum absolute atomic E-state index is 0.174. The smallest absolute Gasteiger partial charge is 0.239 e. The maximum absolute atomic E-state index is 12.8. The van der Waals surface area contributed by atoms with Crippen molar-refractivity contribution in [3.63, 3.8) is 0 Å². The first-order valence-corrected chi connectivity index (χ1v) is 9.67. The molecule has 0 aliphatic carbocycles. The standard InChI is InChI=1S/C23H26N4O3/c1-16-17(2)27(14-19-9-7-11-30-19)23(20(16)12-24)25-22(28)15-26(3)13-18-8-5-6-10-21(18)29-4/h5-11H,13-15H2,1-4H3,(H,25,28). The highest BCUT2D eigenvalue weighted by molar-refractivity contribution is 5.93. The summed E-state index contributed by atoms with van der Waals surface area (Å²) in [6.45, 7) is 4.99. The Bertz CT molecular complexity index is 1060. The van der Waals surface area contributed by atoms with Crippen LogP contribution < -0.4 is 10.1 Å². The molecule has 1 N–H and O–H groups in total. The molecule has 0 bridgehead atoms. The van der Waals surface area contributed by atoms with Gasteiger partial charge in [-0.25, -0.2) is 0 Å².